The molecule has 0 aliphatic carbocycles. The molecule has 0 saturated heterocycles. The van der Waals surface area contributed by atoms with Crippen LogP contribution in [0.15, 0.2) is 0 Å². The van der Waals surface area contributed by atoms with Crippen molar-refractivity contribution < 1.29 is 24.9 Å². The number of aliphatic hydroxyl groups is 3. The van der Waals surface area contributed by atoms with Gasteiger partial charge in [0.05, 0.1) is 30.7 Å². The molecule has 0 spiro atoms. The van der Waals surface area contributed by atoms with Crippen LogP contribution in [0.4, 0.5) is 0 Å². The van der Waals surface area contributed by atoms with Crippen LogP contribution in [0.1, 0.15) is 464 Å². The first-order valence-electron chi connectivity index (χ1n) is 40.0. The second-order valence-electron chi connectivity index (χ2n) is 28.7. The predicted octanol–water partition coefficient (Wildman–Crippen LogP) is 26.7. The first-order chi connectivity index (χ1) is 42.0. The van der Waals surface area contributed by atoms with Crippen molar-refractivity contribution in [3.8, 4) is 0 Å². The lowest BCUT2D eigenvalue weighted by Gasteiger charge is -2.41. The van der Waals surface area contributed by atoms with Crippen molar-refractivity contribution in [3.05, 3.63) is 0 Å². The molecule has 0 rings (SSSR count). The summed E-state index contributed by atoms with van der Waals surface area (Å²) in [5, 5.41) is 31.3. The highest BCUT2D eigenvalue weighted by Gasteiger charge is 2.46. The number of rotatable bonds is 75. The molecule has 0 saturated carbocycles. The van der Waals surface area contributed by atoms with Crippen molar-refractivity contribution in [2.45, 2.75) is 464 Å². The van der Waals surface area contributed by atoms with Gasteiger partial charge in [0.2, 0.25) is 0 Å². The topological polar surface area (TPSA) is 87.0 Å². The van der Waals surface area contributed by atoms with E-state index in [9.17, 15) is 15.3 Å². The molecule has 0 aromatic rings. The molecule has 0 aromatic carbocycles. The van der Waals surface area contributed by atoms with Gasteiger partial charge in [0.25, 0.3) is 0 Å². The van der Waals surface area contributed by atoms with Gasteiger partial charge in [-0.15, -0.1) is 0 Å². The average Bonchev–Trinajstić information content (AvgIpc) is 3.08. The van der Waals surface area contributed by atoms with Gasteiger partial charge in [-0.05, 0) is 31.6 Å². The smallest absolute Gasteiger partial charge is 0.312 e. The number of esters is 1. The van der Waals surface area contributed by atoms with Gasteiger partial charge in [0.15, 0.2) is 0 Å². The molecule has 0 bridgehead atoms. The fourth-order valence-electron chi connectivity index (χ4n) is 14.1. The summed E-state index contributed by atoms with van der Waals surface area (Å²) in [4.78, 5) is 15.4. The second-order valence-corrected chi connectivity index (χ2v) is 28.7. The lowest BCUT2D eigenvalue weighted by atomic mass is 9.65. The Kier molecular flexibility index (Phi) is 68.7. The van der Waals surface area contributed by atoms with E-state index in [2.05, 4.69) is 27.7 Å². The van der Waals surface area contributed by atoms with Crippen molar-refractivity contribution >= 4 is 5.97 Å². The fraction of sp³-hybridized carbons (Fsp3) is 0.988. The Labute approximate surface area is 535 Å². The van der Waals surface area contributed by atoms with Crippen molar-refractivity contribution in [1.29, 1.82) is 0 Å². The molecule has 0 radical (unpaired) electrons. The van der Waals surface area contributed by atoms with Crippen LogP contribution in [0.2, 0.25) is 0 Å². The maximum atomic E-state index is 15.4. The quantitative estimate of drug-likeness (QED) is 0.0417. The number of hydrogen-bond acceptors (Lipinski definition) is 5. The maximum Gasteiger partial charge on any atom is 0.312 e. The highest BCUT2D eigenvalue weighted by Crippen LogP contribution is 2.46. The summed E-state index contributed by atoms with van der Waals surface area (Å²) in [7, 11) is 0. The van der Waals surface area contributed by atoms with Gasteiger partial charge in [-0.3, -0.25) is 4.79 Å². The van der Waals surface area contributed by atoms with Gasteiger partial charge in [0.1, 0.15) is 6.61 Å². The molecule has 85 heavy (non-hydrogen) atoms. The molecule has 5 heteroatoms. The average molecular weight is 1200 g/mol. The zero-order chi connectivity index (χ0) is 61.8. The summed E-state index contributed by atoms with van der Waals surface area (Å²) in [6.45, 7) is 7.89. The minimum Gasteiger partial charge on any atom is -0.464 e. The van der Waals surface area contributed by atoms with E-state index in [0.29, 0.717) is 0 Å². The minimum absolute atomic E-state index is 0.0906. The SMILES string of the molecule is CCCCCCCCCCCCCCCCCCC(CCCCCCCCCCCCCCCCCC)C(CCCCCCCCCCCCCCCCCC)(CCCCCCCCCCCCCCCCCC)C(=O)OCC(CO)(CO)CO. The molecule has 0 heterocycles. The highest BCUT2D eigenvalue weighted by atomic mass is 16.5. The number of carbonyl (C=O) groups excluding carboxylic acids is 1. The maximum absolute atomic E-state index is 15.4. The Balaban J connectivity index is 5.99. The molecular formula is C80H160O5. The highest BCUT2D eigenvalue weighted by molar-refractivity contribution is 5.77. The van der Waals surface area contributed by atoms with Crippen molar-refractivity contribution in [1.82, 2.24) is 0 Å². The molecule has 5 nitrogen and oxygen atoms in total. The van der Waals surface area contributed by atoms with E-state index in [0.717, 1.165) is 38.5 Å². The third-order valence-electron chi connectivity index (χ3n) is 20.5. The first-order valence-corrected chi connectivity index (χ1v) is 40.0. The fourth-order valence-corrected chi connectivity index (χ4v) is 14.1. The van der Waals surface area contributed by atoms with Gasteiger partial charge in [-0.25, -0.2) is 0 Å². The lowest BCUT2D eigenvalue weighted by molar-refractivity contribution is -0.169. The third kappa shape index (κ3) is 54.8. The van der Waals surface area contributed by atoms with Crippen LogP contribution in [0.25, 0.3) is 0 Å². The van der Waals surface area contributed by atoms with Crippen LogP contribution in [-0.4, -0.2) is 47.7 Å². The summed E-state index contributed by atoms with van der Waals surface area (Å²) in [6.07, 6.45) is 90.6. The van der Waals surface area contributed by atoms with Crippen LogP contribution < -0.4 is 0 Å². The summed E-state index contributed by atoms with van der Waals surface area (Å²) in [5.74, 6) is 0.185. The van der Waals surface area contributed by atoms with Gasteiger partial charge in [-0.2, -0.15) is 0 Å². The summed E-state index contributed by atoms with van der Waals surface area (Å²) < 4.78 is 6.43. The standard InChI is InChI=1S/C80H160O5/c1-5-9-13-17-21-25-29-33-37-41-45-49-53-57-61-65-69-77(70-66-62-58-54-50-46-42-38-34-30-26-22-18-14-10-6-2)80(78(84)85-76-79(73-81,74-82)75-83,71-67-63-59-55-51-47-43-39-35-31-27-23-19-15-11-7-3)72-68-64-60-56-52-48-44-40-36-32-28-24-20-16-12-8-4/h77,81-83H,5-76H2,1-4H3. The van der Waals surface area contributed by atoms with Gasteiger partial charge >= 0.3 is 5.97 Å². The molecule has 0 atom stereocenters. The number of ether oxygens (including phenoxy) is 1. The van der Waals surface area contributed by atoms with Crippen molar-refractivity contribution in [2.24, 2.45) is 16.7 Å². The van der Waals surface area contributed by atoms with Gasteiger partial charge in [-0.1, -0.05) is 439 Å². The molecule has 0 fully saturated rings. The van der Waals surface area contributed by atoms with Gasteiger partial charge < -0.3 is 20.1 Å². The summed E-state index contributed by atoms with van der Waals surface area (Å²) in [6, 6.07) is 0. The third-order valence-corrected chi connectivity index (χ3v) is 20.5. The minimum atomic E-state index is -1.22. The van der Waals surface area contributed by atoms with Crippen LogP contribution >= 0.6 is 0 Å². The van der Waals surface area contributed by atoms with E-state index in [1.165, 1.54) is 398 Å². The molecule has 0 amide bonds. The van der Waals surface area contributed by atoms with Crippen LogP contribution in [0, 0.1) is 16.7 Å². The normalized spacial score (nSPS) is 12.2. The van der Waals surface area contributed by atoms with Gasteiger partial charge in [0, 0.05) is 0 Å². The van der Waals surface area contributed by atoms with E-state index in [4.69, 9.17) is 4.74 Å². The Morgan fingerprint density at radius 1 is 0.259 bits per heavy atom. The predicted molar refractivity (Wildman–Crippen MR) is 377 cm³/mol. The summed E-state index contributed by atoms with van der Waals surface area (Å²) in [5.41, 5.74) is -1.79. The lowest BCUT2D eigenvalue weighted by Crippen LogP contribution is -2.45. The zero-order valence-corrected chi connectivity index (χ0v) is 59.1. The van der Waals surface area contributed by atoms with E-state index in [1.54, 1.807) is 0 Å². The van der Waals surface area contributed by atoms with E-state index < -0.39 is 30.7 Å². The van der Waals surface area contributed by atoms with E-state index in [1.807, 2.05) is 0 Å². The molecule has 0 aromatic heterocycles. The monoisotopic (exact) mass is 1200 g/mol. The van der Waals surface area contributed by atoms with E-state index in [-0.39, 0.29) is 18.5 Å². The number of aliphatic hydroxyl groups excluding tert-OH is 3. The van der Waals surface area contributed by atoms with Crippen LogP contribution in [0.5, 0.6) is 0 Å². The largest absolute Gasteiger partial charge is 0.464 e. The first kappa shape index (κ1) is 84.3. The molecular weight excluding hydrogens is 1040 g/mol. The zero-order valence-electron chi connectivity index (χ0n) is 59.1. The Morgan fingerprint density at radius 2 is 0.424 bits per heavy atom. The Bertz CT molecular complexity index is 1170. The Hall–Kier alpha value is -0.650. The molecule has 0 unspecified atom stereocenters. The molecule has 510 valence electrons. The second kappa shape index (κ2) is 69.2. The number of unbranched alkanes of at least 4 members (excludes halogenated alkanes) is 60. The summed E-state index contributed by atoms with van der Waals surface area (Å²) >= 11 is 0. The molecule has 0 aliphatic rings. The molecule has 0 aliphatic heterocycles. The number of hydrogen-bond donors (Lipinski definition) is 3. The Morgan fingerprint density at radius 3 is 0.600 bits per heavy atom. The number of carbonyl (C=O) groups is 1. The van der Waals surface area contributed by atoms with Crippen LogP contribution in [0.3, 0.4) is 0 Å². The van der Waals surface area contributed by atoms with Crippen molar-refractivity contribution in [3.63, 3.8) is 0 Å². The van der Waals surface area contributed by atoms with Crippen molar-refractivity contribution in [2.75, 3.05) is 26.4 Å². The van der Waals surface area contributed by atoms with E-state index >= 15 is 4.79 Å². The molecule has 3 N–H and O–H groups in total. The van der Waals surface area contributed by atoms with Crippen LogP contribution in [-0.2, 0) is 9.53 Å².